The van der Waals surface area contributed by atoms with E-state index in [0.717, 1.165) is 0 Å². The molecule has 0 aromatic carbocycles. The molecule has 1 aliphatic heterocycles. The third-order valence-electron chi connectivity index (χ3n) is 2.16. The van der Waals surface area contributed by atoms with Gasteiger partial charge in [0.15, 0.2) is 0 Å². The third kappa shape index (κ3) is 4.48. The van der Waals surface area contributed by atoms with Crippen molar-refractivity contribution in [1.29, 1.82) is 0 Å². The Morgan fingerprint density at radius 1 is 1.53 bits per heavy atom. The Bertz CT molecular complexity index is 225. The number of alkyl carbamates (subject to hydrolysis) is 1. The highest BCUT2D eigenvalue weighted by atomic mass is 16.6. The zero-order chi connectivity index (χ0) is 11.5. The summed E-state index contributed by atoms with van der Waals surface area (Å²) in [7, 11) is 0. The van der Waals surface area contributed by atoms with Gasteiger partial charge in [-0.3, -0.25) is 0 Å². The maximum atomic E-state index is 11.3. The largest absolute Gasteiger partial charge is 0.444 e. The summed E-state index contributed by atoms with van der Waals surface area (Å²) in [6.07, 6.45) is -0.401. The van der Waals surface area contributed by atoms with Crippen molar-refractivity contribution in [3.05, 3.63) is 0 Å². The predicted molar refractivity (Wildman–Crippen MR) is 56.5 cm³/mol. The highest BCUT2D eigenvalue weighted by Crippen LogP contribution is 2.11. The number of nitrogens with two attached hydrogens (primary N) is 1. The minimum Gasteiger partial charge on any atom is -0.444 e. The van der Waals surface area contributed by atoms with E-state index >= 15 is 0 Å². The number of nitrogens with one attached hydrogen (secondary N) is 1. The number of ether oxygens (including phenoxy) is 2. The molecule has 1 heterocycles. The molecule has 0 bridgehead atoms. The summed E-state index contributed by atoms with van der Waals surface area (Å²) in [5.41, 5.74) is 5.32. The molecule has 0 aromatic rings. The zero-order valence-corrected chi connectivity index (χ0v) is 9.58. The van der Waals surface area contributed by atoms with Crippen molar-refractivity contribution in [2.75, 3.05) is 19.8 Å². The molecule has 0 aromatic heterocycles. The minimum atomic E-state index is -0.460. The van der Waals surface area contributed by atoms with Crippen LogP contribution in [0.2, 0.25) is 0 Å². The topological polar surface area (TPSA) is 73.6 Å². The van der Waals surface area contributed by atoms with Gasteiger partial charge in [-0.1, -0.05) is 0 Å². The molecule has 88 valence electrons. The summed E-state index contributed by atoms with van der Waals surface area (Å²) < 4.78 is 10.3. The van der Waals surface area contributed by atoms with Gasteiger partial charge in [-0.05, 0) is 20.8 Å². The Labute approximate surface area is 90.3 Å². The van der Waals surface area contributed by atoms with Crippen LogP contribution < -0.4 is 11.1 Å². The first-order valence-electron chi connectivity index (χ1n) is 5.18. The third-order valence-corrected chi connectivity index (χ3v) is 2.16. The van der Waals surface area contributed by atoms with Crippen LogP contribution in [0, 0.1) is 5.92 Å². The second-order valence-corrected chi connectivity index (χ2v) is 4.84. The van der Waals surface area contributed by atoms with Crippen molar-refractivity contribution < 1.29 is 14.3 Å². The van der Waals surface area contributed by atoms with Gasteiger partial charge in [0.1, 0.15) is 5.60 Å². The van der Waals surface area contributed by atoms with E-state index in [1.54, 1.807) is 0 Å². The van der Waals surface area contributed by atoms with Crippen LogP contribution in [0.25, 0.3) is 0 Å². The number of carbonyl (C=O) groups excluding carboxylic acids is 1. The zero-order valence-electron chi connectivity index (χ0n) is 9.58. The van der Waals surface area contributed by atoms with E-state index in [1.165, 1.54) is 0 Å². The van der Waals surface area contributed by atoms with E-state index in [-0.39, 0.29) is 12.0 Å². The van der Waals surface area contributed by atoms with Crippen molar-refractivity contribution in [1.82, 2.24) is 5.32 Å². The average molecular weight is 216 g/mol. The number of carbonyl (C=O) groups is 1. The van der Waals surface area contributed by atoms with Gasteiger partial charge in [-0.2, -0.15) is 0 Å². The lowest BCUT2D eigenvalue weighted by Gasteiger charge is -2.21. The fraction of sp³-hybridized carbons (Fsp3) is 0.900. The van der Waals surface area contributed by atoms with Crippen molar-refractivity contribution >= 4 is 6.09 Å². The molecule has 0 radical (unpaired) electrons. The van der Waals surface area contributed by atoms with Crippen molar-refractivity contribution in [3.8, 4) is 0 Å². The summed E-state index contributed by atoms with van der Waals surface area (Å²) in [4.78, 5) is 11.3. The Hall–Kier alpha value is -0.810. The van der Waals surface area contributed by atoms with Crippen LogP contribution in [-0.4, -0.2) is 37.5 Å². The Balaban J connectivity index is 2.22. The molecule has 2 unspecified atom stereocenters. The molecule has 1 rings (SSSR count). The van der Waals surface area contributed by atoms with Crippen LogP contribution in [-0.2, 0) is 9.47 Å². The van der Waals surface area contributed by atoms with Gasteiger partial charge >= 0.3 is 6.09 Å². The molecule has 0 saturated carbocycles. The molecule has 3 N–H and O–H groups in total. The summed E-state index contributed by atoms with van der Waals surface area (Å²) in [5.74, 6) is 0.192. The second-order valence-electron chi connectivity index (χ2n) is 4.84. The first-order valence-corrected chi connectivity index (χ1v) is 5.18. The first-order chi connectivity index (χ1) is 6.88. The Morgan fingerprint density at radius 3 is 2.67 bits per heavy atom. The molecular weight excluding hydrogens is 196 g/mol. The average Bonchev–Trinajstić information content (AvgIpc) is 2.44. The monoisotopic (exact) mass is 216 g/mol. The normalized spacial score (nSPS) is 26.4. The molecule has 1 aliphatic rings. The van der Waals surface area contributed by atoms with Gasteiger partial charge < -0.3 is 20.5 Å². The van der Waals surface area contributed by atoms with Crippen molar-refractivity contribution in [2.45, 2.75) is 32.4 Å². The Morgan fingerprint density at radius 2 is 2.20 bits per heavy atom. The Kier molecular flexibility index (Phi) is 3.93. The fourth-order valence-electron chi connectivity index (χ4n) is 1.35. The van der Waals surface area contributed by atoms with E-state index in [2.05, 4.69) is 5.32 Å². The SMILES string of the molecule is CC(C)(C)OC(=O)NCC1COCC1N. The molecule has 1 saturated heterocycles. The molecule has 2 atom stereocenters. The van der Waals surface area contributed by atoms with Gasteiger partial charge in [0, 0.05) is 18.5 Å². The summed E-state index contributed by atoms with van der Waals surface area (Å²) in [6.45, 7) is 7.18. The lowest BCUT2D eigenvalue weighted by molar-refractivity contribution is 0.0517. The highest BCUT2D eigenvalue weighted by molar-refractivity contribution is 5.67. The summed E-state index contributed by atoms with van der Waals surface area (Å²) >= 11 is 0. The number of rotatable bonds is 2. The smallest absolute Gasteiger partial charge is 0.407 e. The number of amides is 1. The number of hydrogen-bond acceptors (Lipinski definition) is 4. The van der Waals surface area contributed by atoms with E-state index in [1.807, 2.05) is 20.8 Å². The quantitative estimate of drug-likeness (QED) is 0.704. The predicted octanol–water partition coefficient (Wildman–Crippen LogP) is 0.485. The number of hydrogen-bond donors (Lipinski definition) is 2. The highest BCUT2D eigenvalue weighted by Gasteiger charge is 2.25. The molecule has 0 spiro atoms. The van der Waals surface area contributed by atoms with E-state index < -0.39 is 11.7 Å². The van der Waals surface area contributed by atoms with Crippen LogP contribution in [0.3, 0.4) is 0 Å². The van der Waals surface area contributed by atoms with Gasteiger partial charge in [0.25, 0.3) is 0 Å². The lowest BCUT2D eigenvalue weighted by Crippen LogP contribution is -2.40. The van der Waals surface area contributed by atoms with Crippen molar-refractivity contribution in [2.24, 2.45) is 11.7 Å². The van der Waals surface area contributed by atoms with E-state index in [4.69, 9.17) is 15.2 Å². The molecule has 15 heavy (non-hydrogen) atoms. The van der Waals surface area contributed by atoms with Gasteiger partial charge in [-0.25, -0.2) is 4.79 Å². The van der Waals surface area contributed by atoms with E-state index in [0.29, 0.717) is 19.8 Å². The standard InChI is InChI=1S/C10H20N2O3/c1-10(2,3)15-9(13)12-4-7-5-14-6-8(7)11/h7-8H,4-6,11H2,1-3H3,(H,12,13). The van der Waals surface area contributed by atoms with Crippen LogP contribution >= 0.6 is 0 Å². The van der Waals surface area contributed by atoms with Crippen LogP contribution in [0.4, 0.5) is 4.79 Å². The molecule has 5 nitrogen and oxygen atoms in total. The fourth-order valence-corrected chi connectivity index (χ4v) is 1.35. The lowest BCUT2D eigenvalue weighted by atomic mass is 10.1. The van der Waals surface area contributed by atoms with Gasteiger partial charge in [0.2, 0.25) is 0 Å². The van der Waals surface area contributed by atoms with Crippen LogP contribution in [0.5, 0.6) is 0 Å². The molecular formula is C10H20N2O3. The van der Waals surface area contributed by atoms with Gasteiger partial charge in [-0.15, -0.1) is 0 Å². The minimum absolute atomic E-state index is 0.0138. The molecule has 1 fully saturated rings. The van der Waals surface area contributed by atoms with Crippen LogP contribution in [0.15, 0.2) is 0 Å². The second kappa shape index (κ2) is 4.81. The molecule has 5 heteroatoms. The van der Waals surface area contributed by atoms with Crippen molar-refractivity contribution in [3.63, 3.8) is 0 Å². The molecule has 1 amide bonds. The van der Waals surface area contributed by atoms with Gasteiger partial charge in [0.05, 0.1) is 13.2 Å². The van der Waals surface area contributed by atoms with Crippen LogP contribution in [0.1, 0.15) is 20.8 Å². The van der Waals surface area contributed by atoms with E-state index in [9.17, 15) is 4.79 Å². The maximum absolute atomic E-state index is 11.3. The summed E-state index contributed by atoms with van der Waals surface area (Å²) in [5, 5.41) is 2.69. The maximum Gasteiger partial charge on any atom is 0.407 e. The first kappa shape index (κ1) is 12.3. The summed E-state index contributed by atoms with van der Waals surface area (Å²) in [6, 6.07) is 0.0138. The molecule has 0 aliphatic carbocycles.